The van der Waals surface area contributed by atoms with Crippen LogP contribution in [0.3, 0.4) is 0 Å². The summed E-state index contributed by atoms with van der Waals surface area (Å²) >= 11 is 0. The largest absolute Gasteiger partial charge is 3.00 e. The first kappa shape index (κ1) is 105. The number of hydrogen-bond acceptors (Lipinski definition) is 0. The molecule has 0 aromatic heterocycles. The quantitative estimate of drug-likeness (QED) is 0.414. The molecule has 0 aliphatic heterocycles. The van der Waals surface area contributed by atoms with Crippen LogP contribution in [-0.2, 0) is 0 Å². The van der Waals surface area contributed by atoms with E-state index in [9.17, 15) is 0 Å². The van der Waals surface area contributed by atoms with Gasteiger partial charge in [0.25, 0.3) is 0 Å². The maximum atomic E-state index is 0. The van der Waals surface area contributed by atoms with Crippen LogP contribution in [0.5, 0.6) is 0 Å². The minimum absolute atomic E-state index is 0. The third-order valence-electron chi connectivity index (χ3n) is 0. The Labute approximate surface area is 99.2 Å². The molecule has 0 unspecified atom stereocenters. The monoisotopic (exact) mass is 328 g/mol. The van der Waals surface area contributed by atoms with Crippen molar-refractivity contribution in [3.05, 3.63) is 0 Å². The fourth-order valence-corrected chi connectivity index (χ4v) is 0. The molecule has 0 saturated heterocycles. The van der Waals surface area contributed by atoms with Gasteiger partial charge in [-0.15, -0.1) is 37.2 Å². The molecule has 0 amide bonds. The predicted molar refractivity (Wildman–Crippen MR) is 27.5 cm³/mol. The van der Waals surface area contributed by atoms with Crippen molar-refractivity contribution >= 4 is 63.1 Å². The Hall–Kier alpha value is 2.61. The molecule has 0 aromatic rings. The molecular weight excluding hydrogens is 328 g/mol. The standard InChI is InChI=1S/6ClH.In/h6*1H;/q;;;;;;+3/p-3. The van der Waals surface area contributed by atoms with Crippen LogP contribution in [0, 0.1) is 0 Å². The van der Waals surface area contributed by atoms with Crippen LogP contribution < -0.4 is 37.2 Å². The van der Waals surface area contributed by atoms with Gasteiger partial charge < -0.3 is 37.2 Å². The zero-order valence-electron chi connectivity index (χ0n) is 2.94. The molecule has 0 saturated carbocycles. The van der Waals surface area contributed by atoms with Gasteiger partial charge >= 0.3 is 25.8 Å². The maximum absolute atomic E-state index is 0. The van der Waals surface area contributed by atoms with Crippen LogP contribution in [0.15, 0.2) is 0 Å². The van der Waals surface area contributed by atoms with Crippen LogP contribution >= 0.6 is 37.2 Å². The molecule has 7 heteroatoms. The summed E-state index contributed by atoms with van der Waals surface area (Å²) < 4.78 is 0. The van der Waals surface area contributed by atoms with Crippen molar-refractivity contribution in [1.29, 1.82) is 0 Å². The third-order valence-corrected chi connectivity index (χ3v) is 0. The fourth-order valence-electron chi connectivity index (χ4n) is 0. The second kappa shape index (κ2) is 73.2. The summed E-state index contributed by atoms with van der Waals surface area (Å²) in [4.78, 5) is 0. The van der Waals surface area contributed by atoms with Crippen LogP contribution in [0.1, 0.15) is 0 Å². The van der Waals surface area contributed by atoms with E-state index < -0.39 is 0 Å². The molecule has 0 rings (SSSR count). The van der Waals surface area contributed by atoms with Crippen LogP contribution in [-0.4, -0.2) is 25.8 Å². The molecule has 0 nitrogen and oxygen atoms in total. The van der Waals surface area contributed by atoms with Gasteiger partial charge in [-0.2, -0.15) is 0 Å². The summed E-state index contributed by atoms with van der Waals surface area (Å²) in [5.41, 5.74) is 0. The molecule has 0 N–H and O–H groups in total. The Kier molecular flexibility index (Phi) is 1090. The first-order chi connectivity index (χ1) is 0. The summed E-state index contributed by atoms with van der Waals surface area (Å²) in [7, 11) is 0. The maximum Gasteiger partial charge on any atom is 3.00 e. The van der Waals surface area contributed by atoms with E-state index in [-0.39, 0.29) is 100 Å². The van der Waals surface area contributed by atoms with Crippen molar-refractivity contribution in [2.45, 2.75) is 0 Å². The van der Waals surface area contributed by atoms with Gasteiger partial charge in [-0.3, -0.25) is 0 Å². The van der Waals surface area contributed by atoms with Crippen LogP contribution in [0.25, 0.3) is 0 Å². The number of halogens is 6. The van der Waals surface area contributed by atoms with E-state index in [0.29, 0.717) is 0 Å². The summed E-state index contributed by atoms with van der Waals surface area (Å²) in [5.74, 6) is 0. The summed E-state index contributed by atoms with van der Waals surface area (Å²) in [5, 5.41) is 0. The summed E-state index contributed by atoms with van der Waals surface area (Å²) in [6.45, 7) is 0. The molecule has 0 aliphatic rings. The first-order valence-corrected chi connectivity index (χ1v) is 0. The van der Waals surface area contributed by atoms with Gasteiger partial charge in [-0.25, -0.2) is 0 Å². The van der Waals surface area contributed by atoms with E-state index in [1.54, 1.807) is 0 Å². The molecule has 0 atom stereocenters. The summed E-state index contributed by atoms with van der Waals surface area (Å²) in [6, 6.07) is 0. The SMILES string of the molecule is Cl.Cl.Cl.[Cl-].[Cl-].[Cl-].[In+3]. The van der Waals surface area contributed by atoms with E-state index in [1.807, 2.05) is 0 Å². The van der Waals surface area contributed by atoms with Gasteiger partial charge in [0.1, 0.15) is 0 Å². The first-order valence-electron chi connectivity index (χ1n) is 0. The zero-order chi connectivity index (χ0) is 0. The third kappa shape index (κ3) is 55.2. The molecule has 48 valence electrons. The minimum Gasteiger partial charge on any atom is -1.00 e. The van der Waals surface area contributed by atoms with Gasteiger partial charge in [-0.05, 0) is 0 Å². The Morgan fingerprint density at radius 1 is 0.429 bits per heavy atom. The van der Waals surface area contributed by atoms with Crippen LogP contribution in [0.2, 0.25) is 0 Å². The van der Waals surface area contributed by atoms with E-state index in [2.05, 4.69) is 0 Å². The van der Waals surface area contributed by atoms with Gasteiger partial charge in [-0.1, -0.05) is 0 Å². The Balaban J connectivity index is 0. The average molecular weight is 331 g/mol. The number of hydrogen-bond donors (Lipinski definition) is 0. The van der Waals surface area contributed by atoms with Crippen LogP contribution in [0.4, 0.5) is 0 Å². The minimum atomic E-state index is 0. The molecule has 0 spiro atoms. The Morgan fingerprint density at radius 2 is 0.429 bits per heavy atom. The van der Waals surface area contributed by atoms with Crippen molar-refractivity contribution in [3.63, 3.8) is 0 Å². The molecule has 0 fully saturated rings. The van der Waals surface area contributed by atoms with Crippen molar-refractivity contribution < 1.29 is 37.2 Å². The molecule has 0 radical (unpaired) electrons. The van der Waals surface area contributed by atoms with Gasteiger partial charge in [0.15, 0.2) is 0 Å². The molecular formula is H3Cl6In. The van der Waals surface area contributed by atoms with Crippen molar-refractivity contribution in [2.24, 2.45) is 0 Å². The molecule has 0 aromatic carbocycles. The Bertz CT molecular complexity index is 4.14. The van der Waals surface area contributed by atoms with Gasteiger partial charge in [0, 0.05) is 0 Å². The molecule has 7 heavy (non-hydrogen) atoms. The Morgan fingerprint density at radius 3 is 0.429 bits per heavy atom. The second-order valence-corrected chi connectivity index (χ2v) is 0. The van der Waals surface area contributed by atoms with E-state index in [0.717, 1.165) is 0 Å². The van der Waals surface area contributed by atoms with Crippen molar-refractivity contribution in [2.75, 3.05) is 0 Å². The zero-order valence-corrected chi connectivity index (χ0v) is 10.9. The van der Waals surface area contributed by atoms with E-state index in [1.165, 1.54) is 0 Å². The molecule has 0 bridgehead atoms. The predicted octanol–water partition coefficient (Wildman–Crippen LogP) is -8.10. The van der Waals surface area contributed by atoms with Crippen molar-refractivity contribution in [1.82, 2.24) is 0 Å². The smallest absolute Gasteiger partial charge is 1.00 e. The molecule has 0 aliphatic carbocycles. The van der Waals surface area contributed by atoms with Gasteiger partial charge in [0.05, 0.1) is 0 Å². The average Bonchev–Trinajstić information content (AvgIpc) is 0. The summed E-state index contributed by atoms with van der Waals surface area (Å²) in [6.07, 6.45) is 0. The molecule has 0 heterocycles. The van der Waals surface area contributed by atoms with E-state index in [4.69, 9.17) is 0 Å². The second-order valence-electron chi connectivity index (χ2n) is 0. The normalized spacial score (nSPS) is 0. The van der Waals surface area contributed by atoms with Gasteiger partial charge in [0.2, 0.25) is 0 Å². The van der Waals surface area contributed by atoms with Crippen molar-refractivity contribution in [3.8, 4) is 0 Å². The fraction of sp³-hybridized carbons (Fsp3) is 0. The van der Waals surface area contributed by atoms with E-state index >= 15 is 0 Å². The number of rotatable bonds is 0. The topological polar surface area (TPSA) is 0 Å².